The summed E-state index contributed by atoms with van der Waals surface area (Å²) < 4.78 is 12.5. The predicted molar refractivity (Wildman–Crippen MR) is 42.4 cm³/mol. The van der Waals surface area contributed by atoms with Gasteiger partial charge in [-0.25, -0.2) is 4.39 Å². The number of benzene rings is 1. The van der Waals surface area contributed by atoms with Gasteiger partial charge in [0.15, 0.2) is 5.82 Å². The molecule has 0 aromatic heterocycles. The van der Waals surface area contributed by atoms with Crippen molar-refractivity contribution in [3.05, 3.63) is 34.1 Å². The van der Waals surface area contributed by atoms with Crippen molar-refractivity contribution >= 4 is 23.2 Å². The van der Waals surface area contributed by atoms with Crippen LogP contribution in [0, 0.1) is 16.6 Å². The third-order valence-corrected chi connectivity index (χ3v) is 1.49. The molecule has 1 rings (SSSR count). The van der Waals surface area contributed by atoms with Gasteiger partial charge in [0.25, 0.3) is 0 Å². The van der Waals surface area contributed by atoms with Gasteiger partial charge in [-0.05, 0) is 12.1 Å². The summed E-state index contributed by atoms with van der Waals surface area (Å²) >= 11 is 10.7. The largest absolute Gasteiger partial charge is 0.269 e. The zero-order chi connectivity index (χ0) is 8.85. The van der Waals surface area contributed by atoms with Gasteiger partial charge in [0.2, 0.25) is 0 Å². The van der Waals surface area contributed by atoms with Gasteiger partial charge in [-0.3, -0.25) is 4.70 Å². The van der Waals surface area contributed by atoms with Gasteiger partial charge in [-0.15, -0.1) is 0 Å². The van der Waals surface area contributed by atoms with Crippen LogP contribution in [0.4, 0.5) is 9.09 Å². The van der Waals surface area contributed by atoms with Crippen LogP contribution in [0.3, 0.4) is 0 Å². The highest BCUT2D eigenvalue weighted by Crippen LogP contribution is 2.21. The molecule has 12 heavy (non-hydrogen) atoms. The Morgan fingerprint density at radius 2 is 1.42 bits per heavy atom. The molecular weight excluding hydrogens is 209 g/mol. The molecule has 1 aromatic carbocycles. The summed E-state index contributed by atoms with van der Waals surface area (Å²) in [5.41, 5.74) is 0. The summed E-state index contributed by atoms with van der Waals surface area (Å²) in [7, 11) is 0. The van der Waals surface area contributed by atoms with Crippen molar-refractivity contribution in [3.63, 3.8) is 0 Å². The van der Waals surface area contributed by atoms with E-state index in [-0.39, 0.29) is 14.7 Å². The highest BCUT2D eigenvalue weighted by molar-refractivity contribution is 6.34. The van der Waals surface area contributed by atoms with Crippen molar-refractivity contribution in [3.8, 4) is 0 Å². The maximum Gasteiger partial charge on any atom is 0.160 e. The fourth-order valence-corrected chi connectivity index (χ4v) is 0.875. The van der Waals surface area contributed by atoms with E-state index in [1.54, 1.807) is 6.07 Å². The van der Waals surface area contributed by atoms with Crippen LogP contribution in [-0.2, 0) is 0 Å². The van der Waals surface area contributed by atoms with Crippen LogP contribution in [0.25, 0.3) is 0 Å². The first-order chi connectivity index (χ1) is 5.22. The fourth-order valence-electron chi connectivity index (χ4n) is 0.477. The van der Waals surface area contributed by atoms with E-state index < -0.39 is 5.82 Å². The van der Waals surface area contributed by atoms with Crippen LogP contribution in [0.2, 0.25) is 10.0 Å². The number of rotatable bonds is 0. The Morgan fingerprint density at radius 1 is 1.08 bits per heavy atom. The zero-order valence-corrected chi connectivity index (χ0v) is 7.18. The van der Waals surface area contributed by atoms with Gasteiger partial charge >= 0.3 is 0 Å². The van der Waals surface area contributed by atoms with Crippen molar-refractivity contribution in [1.82, 2.24) is 0 Å². The molecule has 0 saturated heterocycles. The molecule has 2 nitrogen and oxygen atoms in total. The normalized spacial score (nSPS) is 7.42. The van der Waals surface area contributed by atoms with Gasteiger partial charge in [-0.1, -0.05) is 29.3 Å². The summed E-state index contributed by atoms with van der Waals surface area (Å²) in [5, 5.41) is 12.1. The number of hydrogen-bond donors (Lipinski definition) is 0. The molecule has 0 aliphatic rings. The maximum atomic E-state index is 12.5. The Kier molecular flexibility index (Phi) is 7.70. The second-order valence-corrected chi connectivity index (χ2v) is 2.35. The number of halogens is 4. The second-order valence-electron chi connectivity index (χ2n) is 1.54. The van der Waals surface area contributed by atoms with Gasteiger partial charge in [0.1, 0.15) is 0 Å². The first kappa shape index (κ1) is 13.7. The average Bonchev–Trinajstić information content (AvgIpc) is 2.04. The molecule has 0 saturated carbocycles. The first-order valence-electron chi connectivity index (χ1n) is 2.51. The highest BCUT2D eigenvalue weighted by Gasteiger charge is 2.00. The third kappa shape index (κ3) is 3.46. The molecule has 0 fully saturated rings. The number of nitrogens with zero attached hydrogens (tertiary/aromatic N) is 2. The zero-order valence-electron chi connectivity index (χ0n) is 5.67. The second kappa shape index (κ2) is 6.77. The Morgan fingerprint density at radius 3 is 1.67 bits per heavy atom. The molecule has 6 heteroatoms. The smallest absolute Gasteiger partial charge is 0.160 e. The quantitative estimate of drug-likeness (QED) is 0.490. The average molecular weight is 213 g/mol. The Labute approximate surface area is 77.7 Å². The lowest BCUT2D eigenvalue weighted by atomic mass is 10.3. The number of hydrogen-bond acceptors (Lipinski definition) is 2. The van der Waals surface area contributed by atoms with E-state index in [4.69, 9.17) is 34.0 Å². The molecule has 0 spiro atoms. The predicted octanol–water partition coefficient (Wildman–Crippen LogP) is 3.32. The monoisotopic (exact) mass is 212 g/mol. The summed E-state index contributed by atoms with van der Waals surface area (Å²) in [6.45, 7) is 0. The van der Waals surface area contributed by atoms with E-state index >= 15 is 0 Å². The molecule has 0 aliphatic carbocycles. The van der Waals surface area contributed by atoms with Crippen molar-refractivity contribution < 1.29 is 9.09 Å². The first-order valence-corrected chi connectivity index (χ1v) is 3.27. The van der Waals surface area contributed by atoms with E-state index in [9.17, 15) is 4.39 Å². The minimum absolute atomic E-state index is 0. The van der Waals surface area contributed by atoms with E-state index in [0.717, 1.165) is 0 Å². The van der Waals surface area contributed by atoms with Crippen LogP contribution in [0.5, 0.6) is 0 Å². The molecular formula is C6H4Cl2F2N2. The molecule has 0 N–H and O–H groups in total. The van der Waals surface area contributed by atoms with Crippen molar-refractivity contribution in [2.24, 2.45) is 0 Å². The Hall–Kier alpha value is -0.920. The lowest BCUT2D eigenvalue weighted by molar-refractivity contribution is 0.629. The Balaban J connectivity index is 0. The molecule has 0 aliphatic heterocycles. The van der Waals surface area contributed by atoms with Gasteiger partial charge in [0, 0.05) is 10.8 Å². The fraction of sp³-hybridized carbons (Fsp3) is 0. The molecule has 0 heterocycles. The summed E-state index contributed by atoms with van der Waals surface area (Å²) in [6, 6.07) is 4.49. The molecule has 0 unspecified atom stereocenters. The highest BCUT2D eigenvalue weighted by atomic mass is 35.5. The van der Waals surface area contributed by atoms with Crippen LogP contribution in [0.15, 0.2) is 18.2 Å². The molecule has 0 atom stereocenters. The van der Waals surface area contributed by atoms with Crippen molar-refractivity contribution in [2.45, 2.75) is 0 Å². The van der Waals surface area contributed by atoms with Gasteiger partial charge in [-0.2, -0.15) is 0 Å². The van der Waals surface area contributed by atoms with E-state index in [0.29, 0.717) is 0 Å². The third-order valence-electron chi connectivity index (χ3n) is 0.904. The van der Waals surface area contributed by atoms with Crippen molar-refractivity contribution in [1.29, 1.82) is 10.8 Å². The van der Waals surface area contributed by atoms with Crippen LogP contribution >= 0.6 is 23.2 Å². The lowest BCUT2D eigenvalue weighted by Crippen LogP contribution is -1.75. The summed E-state index contributed by atoms with van der Waals surface area (Å²) in [4.78, 5) is 0. The standard InChI is InChI=1S/C6H3Cl2F.FH.N2/c7-4-2-1-3-5(8)6(4)9;;1-2/h1-3H;1H;. The molecule has 66 valence electrons. The van der Waals surface area contributed by atoms with Gasteiger partial charge < -0.3 is 0 Å². The molecule has 0 bridgehead atoms. The summed E-state index contributed by atoms with van der Waals surface area (Å²) in [5.74, 6) is -0.555. The van der Waals surface area contributed by atoms with E-state index in [2.05, 4.69) is 0 Å². The van der Waals surface area contributed by atoms with Crippen molar-refractivity contribution in [2.75, 3.05) is 0 Å². The minimum Gasteiger partial charge on any atom is -0.269 e. The van der Waals surface area contributed by atoms with E-state index in [1.807, 2.05) is 0 Å². The SMILES string of the molecule is F.Fc1c(Cl)cccc1Cl.N#N. The molecule has 0 radical (unpaired) electrons. The lowest BCUT2D eigenvalue weighted by Gasteiger charge is -1.92. The van der Waals surface area contributed by atoms with Crippen LogP contribution < -0.4 is 0 Å². The van der Waals surface area contributed by atoms with Gasteiger partial charge in [0.05, 0.1) is 10.0 Å². The topological polar surface area (TPSA) is 47.6 Å². The van der Waals surface area contributed by atoms with Crippen LogP contribution in [0.1, 0.15) is 0 Å². The van der Waals surface area contributed by atoms with Crippen LogP contribution in [-0.4, -0.2) is 0 Å². The molecule has 1 aromatic rings. The molecule has 0 amide bonds. The Bertz CT molecular complexity index is 245. The summed E-state index contributed by atoms with van der Waals surface area (Å²) in [6.07, 6.45) is 0. The maximum absolute atomic E-state index is 12.5. The minimum atomic E-state index is -0.555. The van der Waals surface area contributed by atoms with E-state index in [1.165, 1.54) is 12.1 Å².